The summed E-state index contributed by atoms with van der Waals surface area (Å²) in [7, 11) is 0. The number of anilines is 1. The van der Waals surface area contributed by atoms with E-state index in [2.05, 4.69) is 36.9 Å². The third-order valence-electron chi connectivity index (χ3n) is 5.25. The van der Waals surface area contributed by atoms with Gasteiger partial charge in [0, 0.05) is 36.3 Å². The van der Waals surface area contributed by atoms with Gasteiger partial charge in [-0.05, 0) is 25.8 Å². The fraction of sp³-hybridized carbons (Fsp3) is 0.400. The van der Waals surface area contributed by atoms with Crippen LogP contribution in [0.5, 0.6) is 0 Å². The molecular weight excluding hydrogens is 432 g/mol. The number of nitrogens with zero attached hydrogens (tertiary/aromatic N) is 6. The number of hydrogen-bond donors (Lipinski definition) is 2. The second kappa shape index (κ2) is 9.29. The summed E-state index contributed by atoms with van der Waals surface area (Å²) in [6.45, 7) is 6.46. The van der Waals surface area contributed by atoms with Crippen molar-refractivity contribution in [3.05, 3.63) is 39.8 Å². The Morgan fingerprint density at radius 3 is 2.78 bits per heavy atom. The smallest absolute Gasteiger partial charge is 0.289 e. The van der Waals surface area contributed by atoms with E-state index in [-0.39, 0.29) is 18.0 Å². The highest BCUT2D eigenvalue weighted by Crippen LogP contribution is 2.21. The zero-order valence-corrected chi connectivity index (χ0v) is 18.5. The summed E-state index contributed by atoms with van der Waals surface area (Å²) in [5, 5.41) is 15.8. The van der Waals surface area contributed by atoms with Crippen LogP contribution in [0.25, 0.3) is 5.65 Å². The van der Waals surface area contributed by atoms with Crippen molar-refractivity contribution in [3.8, 4) is 6.07 Å². The number of amides is 2. The van der Waals surface area contributed by atoms with Gasteiger partial charge < -0.3 is 9.64 Å². The molecule has 1 fully saturated rings. The van der Waals surface area contributed by atoms with E-state index in [0.717, 1.165) is 35.2 Å². The highest BCUT2D eigenvalue weighted by atomic mass is 32.1. The molecule has 3 aromatic rings. The Hall–Kier alpha value is -3.56. The van der Waals surface area contributed by atoms with Crippen molar-refractivity contribution in [2.75, 3.05) is 31.2 Å². The van der Waals surface area contributed by atoms with Crippen LogP contribution in [0.2, 0.25) is 0 Å². The van der Waals surface area contributed by atoms with Gasteiger partial charge in [0.2, 0.25) is 5.91 Å². The van der Waals surface area contributed by atoms with Gasteiger partial charge in [-0.25, -0.2) is 14.5 Å². The average Bonchev–Trinajstić information content (AvgIpc) is 3.45. The van der Waals surface area contributed by atoms with Crippen LogP contribution in [-0.2, 0) is 16.0 Å². The number of carbonyl (C=O) groups is 2. The van der Waals surface area contributed by atoms with E-state index in [1.54, 1.807) is 9.90 Å². The van der Waals surface area contributed by atoms with Gasteiger partial charge in [-0.1, -0.05) is 0 Å². The topological polar surface area (TPSA) is 138 Å². The van der Waals surface area contributed by atoms with Crippen molar-refractivity contribution in [3.63, 3.8) is 0 Å². The molecule has 12 heteroatoms. The molecule has 2 amide bonds. The van der Waals surface area contributed by atoms with Gasteiger partial charge in [0.05, 0.1) is 19.4 Å². The molecule has 0 unspecified atom stereocenters. The molecule has 0 aliphatic carbocycles. The first kappa shape index (κ1) is 21.7. The van der Waals surface area contributed by atoms with Crippen molar-refractivity contribution in [2.24, 2.45) is 0 Å². The fourth-order valence-corrected chi connectivity index (χ4v) is 4.37. The maximum absolute atomic E-state index is 12.3. The molecule has 3 aromatic heterocycles. The van der Waals surface area contributed by atoms with Gasteiger partial charge in [-0.2, -0.15) is 10.4 Å². The largest absolute Gasteiger partial charge is 0.378 e. The molecule has 1 saturated heterocycles. The summed E-state index contributed by atoms with van der Waals surface area (Å²) < 4.78 is 6.93. The normalized spacial score (nSPS) is 13.7. The quantitative estimate of drug-likeness (QED) is 0.543. The van der Waals surface area contributed by atoms with E-state index in [1.165, 1.54) is 17.5 Å². The summed E-state index contributed by atoms with van der Waals surface area (Å²) in [6, 6.07) is 2.07. The van der Waals surface area contributed by atoms with Gasteiger partial charge in [-0.3, -0.25) is 20.4 Å². The van der Waals surface area contributed by atoms with Crippen molar-refractivity contribution >= 4 is 33.9 Å². The van der Waals surface area contributed by atoms with Gasteiger partial charge in [0.15, 0.2) is 10.8 Å². The Labute approximate surface area is 188 Å². The Morgan fingerprint density at radius 2 is 2.03 bits per heavy atom. The number of aromatic nitrogens is 4. The zero-order valence-electron chi connectivity index (χ0n) is 17.7. The van der Waals surface area contributed by atoms with Crippen molar-refractivity contribution in [2.45, 2.75) is 26.7 Å². The number of nitrogens with one attached hydrogen (secondary N) is 2. The van der Waals surface area contributed by atoms with E-state index in [0.29, 0.717) is 30.8 Å². The summed E-state index contributed by atoms with van der Waals surface area (Å²) in [5.41, 5.74) is 8.45. The van der Waals surface area contributed by atoms with Crippen LogP contribution < -0.4 is 15.8 Å². The van der Waals surface area contributed by atoms with Crippen LogP contribution in [0.15, 0.2) is 11.6 Å². The maximum atomic E-state index is 12.3. The summed E-state index contributed by atoms with van der Waals surface area (Å²) in [4.78, 5) is 35.5. The first-order valence-corrected chi connectivity index (χ1v) is 11.0. The molecule has 4 rings (SSSR count). The molecule has 0 radical (unpaired) electrons. The summed E-state index contributed by atoms with van der Waals surface area (Å²) >= 11 is 1.38. The number of hydrazine groups is 1. The number of carbonyl (C=O) groups excluding carboxylic acids is 2. The highest BCUT2D eigenvalue weighted by molar-refractivity contribution is 7.13. The molecular formula is C20H22N8O3S. The number of nitriles is 1. The van der Waals surface area contributed by atoms with Gasteiger partial charge in [-0.15, -0.1) is 11.3 Å². The van der Waals surface area contributed by atoms with Gasteiger partial charge in [0.1, 0.15) is 17.3 Å². The van der Waals surface area contributed by atoms with E-state index in [9.17, 15) is 9.59 Å². The lowest BCUT2D eigenvalue weighted by atomic mass is 10.1. The SMILES string of the molecule is Cc1nc2c(C#N)cnn2c(C)c1CCC(=O)NNC(=O)c1csc(N2CCOCC2)n1. The minimum absolute atomic E-state index is 0.150. The minimum atomic E-state index is -0.467. The fourth-order valence-electron chi connectivity index (χ4n) is 3.51. The van der Waals surface area contributed by atoms with Crippen molar-refractivity contribution in [1.29, 1.82) is 5.26 Å². The highest BCUT2D eigenvalue weighted by Gasteiger charge is 2.18. The number of fused-ring (bicyclic) bond motifs is 1. The lowest BCUT2D eigenvalue weighted by molar-refractivity contribution is -0.121. The number of aryl methyl sites for hydroxylation is 2. The van der Waals surface area contributed by atoms with E-state index in [1.807, 2.05) is 13.8 Å². The van der Waals surface area contributed by atoms with Crippen LogP contribution in [0.4, 0.5) is 5.13 Å². The van der Waals surface area contributed by atoms with Crippen LogP contribution >= 0.6 is 11.3 Å². The Balaban J connectivity index is 1.32. The van der Waals surface area contributed by atoms with Crippen LogP contribution in [-0.4, -0.2) is 57.7 Å². The van der Waals surface area contributed by atoms with E-state index >= 15 is 0 Å². The average molecular weight is 455 g/mol. The molecule has 0 spiro atoms. The van der Waals surface area contributed by atoms with E-state index < -0.39 is 5.91 Å². The third kappa shape index (κ3) is 4.39. The molecule has 4 heterocycles. The number of morpholine rings is 1. The van der Waals surface area contributed by atoms with Crippen molar-refractivity contribution < 1.29 is 14.3 Å². The predicted octanol–water partition coefficient (Wildman–Crippen LogP) is 0.905. The van der Waals surface area contributed by atoms with Gasteiger partial charge >= 0.3 is 0 Å². The molecule has 1 aliphatic heterocycles. The molecule has 166 valence electrons. The second-order valence-corrected chi connectivity index (χ2v) is 8.12. The number of rotatable bonds is 5. The second-order valence-electron chi connectivity index (χ2n) is 7.28. The summed E-state index contributed by atoms with van der Waals surface area (Å²) in [5.74, 6) is -0.802. The third-order valence-corrected chi connectivity index (χ3v) is 6.15. The standard InChI is InChI=1S/C20H22N8O3S/c1-12-15(13(2)28-18(23-12)14(9-21)10-22-28)3-4-17(29)25-26-19(30)16-11-32-20(24-16)27-5-7-31-8-6-27/h10-11H,3-8H2,1-2H3,(H,25,29)(H,26,30). The Bertz CT molecular complexity index is 1210. The van der Waals surface area contributed by atoms with Crippen LogP contribution in [0.3, 0.4) is 0 Å². The molecule has 11 nitrogen and oxygen atoms in total. The first-order valence-electron chi connectivity index (χ1n) is 10.1. The molecule has 0 saturated carbocycles. The Morgan fingerprint density at radius 1 is 1.25 bits per heavy atom. The van der Waals surface area contributed by atoms with E-state index in [4.69, 9.17) is 10.00 Å². The zero-order chi connectivity index (χ0) is 22.7. The number of hydrogen-bond acceptors (Lipinski definition) is 9. The number of ether oxygens (including phenoxy) is 1. The molecule has 0 aromatic carbocycles. The summed E-state index contributed by atoms with van der Waals surface area (Å²) in [6.07, 6.45) is 2.04. The maximum Gasteiger partial charge on any atom is 0.289 e. The molecule has 2 N–H and O–H groups in total. The minimum Gasteiger partial charge on any atom is -0.378 e. The van der Waals surface area contributed by atoms with Gasteiger partial charge in [0.25, 0.3) is 5.91 Å². The van der Waals surface area contributed by atoms with Crippen LogP contribution in [0.1, 0.15) is 39.4 Å². The molecule has 0 atom stereocenters. The Kier molecular flexibility index (Phi) is 6.29. The lowest BCUT2D eigenvalue weighted by Gasteiger charge is -2.25. The molecule has 1 aliphatic rings. The predicted molar refractivity (Wildman–Crippen MR) is 116 cm³/mol. The molecule has 32 heavy (non-hydrogen) atoms. The molecule has 0 bridgehead atoms. The van der Waals surface area contributed by atoms with Crippen LogP contribution in [0, 0.1) is 25.2 Å². The number of thiazole rings is 1. The monoisotopic (exact) mass is 454 g/mol. The lowest BCUT2D eigenvalue weighted by Crippen LogP contribution is -2.42. The first-order chi connectivity index (χ1) is 15.5. The van der Waals surface area contributed by atoms with Crippen molar-refractivity contribution in [1.82, 2.24) is 30.4 Å².